The van der Waals surface area contributed by atoms with Gasteiger partial charge in [-0.25, -0.2) is 5.43 Å². The van der Waals surface area contributed by atoms with Gasteiger partial charge in [0.05, 0.1) is 25.5 Å². The zero-order valence-electron chi connectivity index (χ0n) is 13.6. The van der Waals surface area contributed by atoms with Crippen molar-refractivity contribution in [1.29, 1.82) is 0 Å². The molecule has 0 heterocycles. The highest BCUT2D eigenvalue weighted by Gasteiger charge is 2.09. The first-order valence-corrected chi connectivity index (χ1v) is 7.92. The molecule has 0 aliphatic carbocycles. The van der Waals surface area contributed by atoms with Crippen LogP contribution < -0.4 is 19.6 Å². The number of halogens is 2. The van der Waals surface area contributed by atoms with E-state index in [4.69, 9.17) is 37.4 Å². The maximum absolute atomic E-state index is 11.8. The zero-order valence-corrected chi connectivity index (χ0v) is 15.1. The van der Waals surface area contributed by atoms with Crippen LogP contribution in [0.15, 0.2) is 41.5 Å². The molecule has 0 bridgehead atoms. The van der Waals surface area contributed by atoms with Crippen molar-refractivity contribution in [3.8, 4) is 17.2 Å². The molecular weight excluding hydrogens is 367 g/mol. The summed E-state index contributed by atoms with van der Waals surface area (Å²) in [5, 5.41) is 4.48. The van der Waals surface area contributed by atoms with Gasteiger partial charge in [-0.2, -0.15) is 5.10 Å². The number of hydrazone groups is 1. The van der Waals surface area contributed by atoms with Crippen molar-refractivity contribution >= 4 is 35.3 Å². The van der Waals surface area contributed by atoms with Crippen molar-refractivity contribution in [2.75, 3.05) is 20.8 Å². The van der Waals surface area contributed by atoms with Crippen molar-refractivity contribution in [2.45, 2.75) is 0 Å². The van der Waals surface area contributed by atoms with Crippen LogP contribution in [0.3, 0.4) is 0 Å². The number of carbonyl (C=O) groups is 1. The molecule has 0 aliphatic heterocycles. The Hall–Kier alpha value is -2.44. The third kappa shape index (κ3) is 5.01. The number of nitrogens with one attached hydrogen (secondary N) is 1. The average molecular weight is 383 g/mol. The Balaban J connectivity index is 1.94. The second-order valence-corrected chi connectivity index (χ2v) is 5.50. The van der Waals surface area contributed by atoms with E-state index in [2.05, 4.69) is 10.5 Å². The Bertz CT molecular complexity index is 781. The predicted octanol–water partition coefficient (Wildman–Crippen LogP) is 3.54. The number of hydrogen-bond acceptors (Lipinski definition) is 5. The van der Waals surface area contributed by atoms with Crippen LogP contribution in [0.25, 0.3) is 0 Å². The number of carbonyl (C=O) groups excluding carboxylic acids is 1. The summed E-state index contributed by atoms with van der Waals surface area (Å²) in [6.45, 7) is -0.257. The van der Waals surface area contributed by atoms with Gasteiger partial charge in [-0.15, -0.1) is 0 Å². The molecule has 2 aromatic carbocycles. The fourth-order valence-electron chi connectivity index (χ4n) is 1.96. The highest BCUT2D eigenvalue weighted by molar-refractivity contribution is 6.42. The smallest absolute Gasteiger partial charge is 0.277 e. The van der Waals surface area contributed by atoms with Crippen LogP contribution in [0.4, 0.5) is 0 Å². The molecule has 1 N–H and O–H groups in total. The summed E-state index contributed by atoms with van der Waals surface area (Å²) in [4.78, 5) is 11.8. The second kappa shape index (κ2) is 9.15. The van der Waals surface area contributed by atoms with Crippen molar-refractivity contribution in [3.63, 3.8) is 0 Å². The Morgan fingerprint density at radius 1 is 1.12 bits per heavy atom. The minimum absolute atomic E-state index is 0.251. The first kappa shape index (κ1) is 18.9. The highest BCUT2D eigenvalue weighted by Crippen LogP contribution is 2.31. The third-order valence-corrected chi connectivity index (χ3v) is 3.90. The van der Waals surface area contributed by atoms with Crippen LogP contribution in [0, 0.1) is 0 Å². The van der Waals surface area contributed by atoms with Crippen LogP contribution in [-0.2, 0) is 4.79 Å². The van der Waals surface area contributed by atoms with Crippen molar-refractivity contribution in [3.05, 3.63) is 52.0 Å². The zero-order chi connectivity index (χ0) is 18.2. The molecule has 0 spiro atoms. The molecule has 8 heteroatoms. The SMILES string of the molecule is COc1cccc(/C=N/NC(=O)COc2cccc(Cl)c2Cl)c1OC. The molecule has 0 radical (unpaired) electrons. The van der Waals surface area contributed by atoms with Gasteiger partial charge in [0.1, 0.15) is 10.8 Å². The topological polar surface area (TPSA) is 69.2 Å². The van der Waals surface area contributed by atoms with E-state index in [0.29, 0.717) is 27.8 Å². The Labute approximate surface area is 155 Å². The molecule has 25 heavy (non-hydrogen) atoms. The van der Waals surface area contributed by atoms with Crippen LogP contribution in [0.1, 0.15) is 5.56 Å². The molecule has 0 aliphatic rings. The van der Waals surface area contributed by atoms with Gasteiger partial charge in [0.2, 0.25) is 0 Å². The molecule has 0 saturated heterocycles. The number of hydrogen-bond donors (Lipinski definition) is 1. The number of benzene rings is 2. The second-order valence-electron chi connectivity index (χ2n) is 4.72. The average Bonchev–Trinajstić information content (AvgIpc) is 2.62. The van der Waals surface area contributed by atoms with Crippen LogP contribution in [0.5, 0.6) is 17.2 Å². The van der Waals surface area contributed by atoms with Crippen LogP contribution in [0.2, 0.25) is 10.0 Å². The molecule has 6 nitrogen and oxygen atoms in total. The first-order valence-electron chi connectivity index (χ1n) is 7.16. The maximum atomic E-state index is 11.8. The number of methoxy groups -OCH3 is 2. The van der Waals surface area contributed by atoms with Gasteiger partial charge in [-0.3, -0.25) is 4.79 Å². The van der Waals surface area contributed by atoms with E-state index in [1.54, 1.807) is 43.5 Å². The molecule has 0 unspecified atom stereocenters. The van der Waals surface area contributed by atoms with Crippen LogP contribution in [-0.4, -0.2) is 32.9 Å². The molecule has 2 rings (SSSR count). The van der Waals surface area contributed by atoms with Gasteiger partial charge >= 0.3 is 0 Å². The molecule has 0 fully saturated rings. The lowest BCUT2D eigenvalue weighted by Crippen LogP contribution is -2.24. The predicted molar refractivity (Wildman–Crippen MR) is 97.2 cm³/mol. The summed E-state index contributed by atoms with van der Waals surface area (Å²) in [5.41, 5.74) is 3.01. The molecule has 0 saturated carbocycles. The normalized spacial score (nSPS) is 10.6. The minimum atomic E-state index is -0.450. The number of amides is 1. The first-order chi connectivity index (χ1) is 12.1. The molecular formula is C17H16Cl2N2O4. The van der Waals surface area contributed by atoms with E-state index in [0.717, 1.165) is 0 Å². The molecule has 0 aromatic heterocycles. The lowest BCUT2D eigenvalue weighted by atomic mass is 10.2. The number of rotatable bonds is 7. The van der Waals surface area contributed by atoms with Gasteiger partial charge in [0.15, 0.2) is 18.1 Å². The monoisotopic (exact) mass is 382 g/mol. The van der Waals surface area contributed by atoms with E-state index >= 15 is 0 Å². The van der Waals surface area contributed by atoms with Crippen molar-refractivity contribution < 1.29 is 19.0 Å². The number of ether oxygens (including phenoxy) is 3. The standard InChI is InChI=1S/C17H16Cl2N2O4/c1-23-14-8-3-5-11(17(14)24-2)9-20-21-15(22)10-25-13-7-4-6-12(18)16(13)19/h3-9H,10H2,1-2H3,(H,21,22)/b20-9+. The van der Waals surface area contributed by atoms with Gasteiger partial charge in [-0.1, -0.05) is 35.3 Å². The third-order valence-electron chi connectivity index (χ3n) is 3.10. The summed E-state index contributed by atoms with van der Waals surface area (Å²) < 4.78 is 15.8. The Morgan fingerprint density at radius 2 is 1.84 bits per heavy atom. The summed E-state index contributed by atoms with van der Waals surface area (Å²) in [6, 6.07) is 10.2. The van der Waals surface area contributed by atoms with Gasteiger partial charge in [0.25, 0.3) is 5.91 Å². The van der Waals surface area contributed by atoms with E-state index in [1.807, 2.05) is 0 Å². The number of nitrogens with zero attached hydrogens (tertiary/aromatic N) is 1. The van der Waals surface area contributed by atoms with E-state index < -0.39 is 5.91 Å². The number of para-hydroxylation sites is 1. The highest BCUT2D eigenvalue weighted by atomic mass is 35.5. The molecule has 2 aromatic rings. The summed E-state index contributed by atoms with van der Waals surface area (Å²) in [7, 11) is 3.06. The molecule has 132 valence electrons. The Morgan fingerprint density at radius 3 is 2.56 bits per heavy atom. The fourth-order valence-corrected chi connectivity index (χ4v) is 2.30. The Kier molecular flexibility index (Phi) is 6.91. The van der Waals surface area contributed by atoms with Crippen molar-refractivity contribution in [1.82, 2.24) is 5.43 Å². The van der Waals surface area contributed by atoms with Crippen molar-refractivity contribution in [2.24, 2.45) is 5.10 Å². The van der Waals surface area contributed by atoms with E-state index in [9.17, 15) is 4.79 Å². The van der Waals surface area contributed by atoms with Gasteiger partial charge < -0.3 is 14.2 Å². The summed E-state index contributed by atoms with van der Waals surface area (Å²) >= 11 is 11.9. The summed E-state index contributed by atoms with van der Waals surface area (Å²) in [5.74, 6) is 0.957. The van der Waals surface area contributed by atoms with Gasteiger partial charge in [0, 0.05) is 5.56 Å². The largest absolute Gasteiger partial charge is 0.493 e. The lowest BCUT2D eigenvalue weighted by molar-refractivity contribution is -0.123. The quantitative estimate of drug-likeness (QED) is 0.587. The lowest BCUT2D eigenvalue weighted by Gasteiger charge is -2.09. The van der Waals surface area contributed by atoms with Crippen LogP contribution >= 0.6 is 23.2 Å². The molecule has 1 amide bonds. The van der Waals surface area contributed by atoms with E-state index in [-0.39, 0.29) is 11.6 Å². The van der Waals surface area contributed by atoms with Gasteiger partial charge in [-0.05, 0) is 24.3 Å². The minimum Gasteiger partial charge on any atom is -0.493 e. The van der Waals surface area contributed by atoms with E-state index in [1.165, 1.54) is 13.3 Å². The maximum Gasteiger partial charge on any atom is 0.277 e. The fraction of sp³-hybridized carbons (Fsp3) is 0.176. The molecule has 0 atom stereocenters. The summed E-state index contributed by atoms with van der Waals surface area (Å²) in [6.07, 6.45) is 1.45.